The van der Waals surface area contributed by atoms with E-state index in [2.05, 4.69) is 12.2 Å². The molecule has 1 aromatic carbocycles. The predicted octanol–water partition coefficient (Wildman–Crippen LogP) is 2.72. The van der Waals surface area contributed by atoms with Crippen molar-refractivity contribution in [3.05, 3.63) is 28.8 Å². The largest absolute Gasteiger partial charge is 0.418 e. The van der Waals surface area contributed by atoms with Crippen LogP contribution in [0.5, 0.6) is 0 Å². The first-order chi connectivity index (χ1) is 8.20. The van der Waals surface area contributed by atoms with Crippen molar-refractivity contribution in [2.45, 2.75) is 6.18 Å². The second-order valence-corrected chi connectivity index (χ2v) is 4.01. The number of nitrogens with one attached hydrogen (secondary N) is 2. The fourth-order valence-corrected chi connectivity index (χ4v) is 1.39. The highest BCUT2D eigenvalue weighted by Gasteiger charge is 2.34. The molecule has 18 heavy (non-hydrogen) atoms. The molecule has 0 radical (unpaired) electrons. The third-order valence-electron chi connectivity index (χ3n) is 1.77. The summed E-state index contributed by atoms with van der Waals surface area (Å²) in [5.74, 6) is 0. The number of urea groups is 1. The Hall–Kier alpha value is -1.54. The first-order valence-electron chi connectivity index (χ1n) is 4.44. The van der Waals surface area contributed by atoms with Gasteiger partial charge in [-0.15, -0.1) is 0 Å². The van der Waals surface area contributed by atoms with E-state index in [1.807, 2.05) is 10.6 Å². The molecule has 9 heteroatoms. The zero-order valence-corrected chi connectivity index (χ0v) is 10.2. The van der Waals surface area contributed by atoms with E-state index in [-0.39, 0.29) is 10.1 Å². The Morgan fingerprint density at radius 1 is 1.39 bits per heavy atom. The van der Waals surface area contributed by atoms with Gasteiger partial charge in [0.1, 0.15) is 0 Å². The van der Waals surface area contributed by atoms with Gasteiger partial charge in [-0.3, -0.25) is 5.32 Å². The fraction of sp³-hybridized carbons (Fsp3) is 0.111. The van der Waals surface area contributed by atoms with Crippen molar-refractivity contribution in [1.29, 1.82) is 0 Å². The molecule has 0 spiro atoms. The predicted molar refractivity (Wildman–Crippen MR) is 65.4 cm³/mol. The van der Waals surface area contributed by atoms with Gasteiger partial charge >= 0.3 is 12.2 Å². The second kappa shape index (κ2) is 5.40. The van der Waals surface area contributed by atoms with Crippen LogP contribution in [0, 0.1) is 0 Å². The van der Waals surface area contributed by atoms with Gasteiger partial charge < -0.3 is 11.1 Å². The number of hydrogen-bond acceptors (Lipinski definition) is 2. The summed E-state index contributed by atoms with van der Waals surface area (Å²) in [6.07, 6.45) is -4.64. The lowest BCUT2D eigenvalue weighted by Crippen LogP contribution is -2.38. The first-order valence-corrected chi connectivity index (χ1v) is 5.23. The van der Waals surface area contributed by atoms with E-state index in [4.69, 9.17) is 17.3 Å². The maximum atomic E-state index is 12.7. The summed E-state index contributed by atoms with van der Waals surface area (Å²) in [6, 6.07) is 1.99. The van der Waals surface area contributed by atoms with Gasteiger partial charge in [-0.1, -0.05) is 11.6 Å². The summed E-state index contributed by atoms with van der Waals surface area (Å²) >= 11 is 9.85. The Labute approximate surface area is 110 Å². The highest BCUT2D eigenvalue weighted by molar-refractivity contribution is 7.80. The van der Waals surface area contributed by atoms with Crippen molar-refractivity contribution in [2.75, 3.05) is 5.32 Å². The maximum Gasteiger partial charge on any atom is 0.418 e. The van der Waals surface area contributed by atoms with Crippen LogP contribution in [0.3, 0.4) is 0 Å². The lowest BCUT2D eigenvalue weighted by atomic mass is 10.1. The van der Waals surface area contributed by atoms with Gasteiger partial charge in [0, 0.05) is 5.02 Å². The van der Waals surface area contributed by atoms with Crippen molar-refractivity contribution in [3.63, 3.8) is 0 Å². The Bertz CT molecular complexity index is 492. The van der Waals surface area contributed by atoms with E-state index < -0.39 is 23.5 Å². The van der Waals surface area contributed by atoms with Crippen molar-refractivity contribution in [2.24, 2.45) is 5.73 Å². The van der Waals surface area contributed by atoms with Crippen LogP contribution < -0.4 is 16.4 Å². The van der Waals surface area contributed by atoms with Crippen molar-refractivity contribution < 1.29 is 18.0 Å². The average molecular weight is 298 g/mol. The van der Waals surface area contributed by atoms with Crippen molar-refractivity contribution in [3.8, 4) is 0 Å². The molecule has 0 fully saturated rings. The van der Waals surface area contributed by atoms with Crippen LogP contribution in [-0.4, -0.2) is 11.1 Å². The molecule has 0 saturated heterocycles. The van der Waals surface area contributed by atoms with Crippen molar-refractivity contribution in [1.82, 2.24) is 5.32 Å². The van der Waals surface area contributed by atoms with Crippen LogP contribution in [-0.2, 0) is 6.18 Å². The number of benzene rings is 1. The third-order valence-corrected chi connectivity index (χ3v) is 2.11. The molecule has 4 nitrogen and oxygen atoms in total. The maximum absolute atomic E-state index is 12.7. The van der Waals surface area contributed by atoms with Gasteiger partial charge in [-0.05, 0) is 30.4 Å². The molecule has 0 unspecified atom stereocenters. The number of carbonyl (C=O) groups excluding carboxylic acids is 1. The van der Waals surface area contributed by atoms with Crippen molar-refractivity contribution >= 4 is 40.6 Å². The Balaban J connectivity index is 3.02. The van der Waals surface area contributed by atoms with Gasteiger partial charge in [0.05, 0.1) is 11.3 Å². The molecular formula is C9H7ClF3N3OS. The van der Waals surface area contributed by atoms with Crippen LogP contribution in [0.4, 0.5) is 23.7 Å². The molecule has 1 rings (SSSR count). The van der Waals surface area contributed by atoms with E-state index in [1.54, 1.807) is 0 Å². The van der Waals surface area contributed by atoms with Crippen LogP contribution in [0.2, 0.25) is 5.02 Å². The number of anilines is 1. The molecule has 0 bridgehead atoms. The van der Waals surface area contributed by atoms with Crippen LogP contribution >= 0.6 is 23.8 Å². The summed E-state index contributed by atoms with van der Waals surface area (Å²) in [7, 11) is 0. The molecule has 0 saturated carbocycles. The van der Waals surface area contributed by atoms with Crippen LogP contribution in [0.1, 0.15) is 5.56 Å². The van der Waals surface area contributed by atoms with E-state index in [9.17, 15) is 18.0 Å². The molecule has 0 atom stereocenters. The normalized spacial score (nSPS) is 10.9. The molecule has 0 aromatic heterocycles. The van der Waals surface area contributed by atoms with Gasteiger partial charge in [0.15, 0.2) is 5.11 Å². The SMILES string of the molecule is NC(=S)NC(=O)Nc1ccc(Cl)cc1C(F)(F)F. The molecule has 2 amide bonds. The Kier molecular flexibility index (Phi) is 4.36. The molecule has 1 aromatic rings. The standard InChI is InChI=1S/C9H7ClF3N3OS/c10-4-1-2-6(5(3-4)9(11,12)13)15-8(17)16-7(14)18/h1-3H,(H4,14,15,16,17,18). The lowest BCUT2D eigenvalue weighted by molar-refractivity contribution is -0.136. The first kappa shape index (κ1) is 14.5. The molecule has 0 aliphatic heterocycles. The summed E-state index contributed by atoms with van der Waals surface area (Å²) in [4.78, 5) is 11.2. The minimum absolute atomic E-state index is 0.0948. The van der Waals surface area contributed by atoms with Gasteiger partial charge in [0.2, 0.25) is 0 Å². The number of hydrogen-bond donors (Lipinski definition) is 3. The molecule has 0 aliphatic rings. The number of alkyl halides is 3. The number of halogens is 4. The lowest BCUT2D eigenvalue weighted by Gasteiger charge is -2.14. The minimum Gasteiger partial charge on any atom is -0.376 e. The number of amides is 2. The summed E-state index contributed by atoms with van der Waals surface area (Å²) in [6.45, 7) is 0. The summed E-state index contributed by atoms with van der Waals surface area (Å²) in [5, 5.41) is 3.48. The number of carbonyl (C=O) groups is 1. The zero-order chi connectivity index (χ0) is 13.9. The Morgan fingerprint density at radius 2 is 2.00 bits per heavy atom. The van der Waals surface area contributed by atoms with Crippen LogP contribution in [0.25, 0.3) is 0 Å². The monoisotopic (exact) mass is 297 g/mol. The zero-order valence-electron chi connectivity index (χ0n) is 8.64. The summed E-state index contributed by atoms with van der Waals surface area (Å²) < 4.78 is 38.0. The van der Waals surface area contributed by atoms with E-state index in [0.717, 1.165) is 6.07 Å². The van der Waals surface area contributed by atoms with E-state index in [0.29, 0.717) is 6.07 Å². The molecular weight excluding hydrogens is 291 g/mol. The van der Waals surface area contributed by atoms with Gasteiger partial charge in [0.25, 0.3) is 0 Å². The smallest absolute Gasteiger partial charge is 0.376 e. The van der Waals surface area contributed by atoms with Gasteiger partial charge in [-0.2, -0.15) is 13.2 Å². The Morgan fingerprint density at radius 3 is 2.50 bits per heavy atom. The van der Waals surface area contributed by atoms with Crippen LogP contribution in [0.15, 0.2) is 18.2 Å². The number of rotatable bonds is 1. The topological polar surface area (TPSA) is 67.1 Å². The number of nitrogens with two attached hydrogens (primary N) is 1. The number of thiocarbonyl (C=S) groups is 1. The van der Waals surface area contributed by atoms with E-state index >= 15 is 0 Å². The minimum atomic E-state index is -4.64. The fourth-order valence-electron chi connectivity index (χ4n) is 1.13. The third kappa shape index (κ3) is 4.04. The molecule has 0 heterocycles. The second-order valence-electron chi connectivity index (χ2n) is 3.13. The van der Waals surface area contributed by atoms with Gasteiger partial charge in [-0.25, -0.2) is 4.79 Å². The molecule has 4 N–H and O–H groups in total. The summed E-state index contributed by atoms with van der Waals surface area (Å²) in [5.41, 5.74) is 3.51. The average Bonchev–Trinajstić information content (AvgIpc) is 2.17. The molecule has 98 valence electrons. The van der Waals surface area contributed by atoms with E-state index in [1.165, 1.54) is 6.07 Å². The highest BCUT2D eigenvalue weighted by atomic mass is 35.5. The molecule has 0 aliphatic carbocycles. The highest BCUT2D eigenvalue weighted by Crippen LogP contribution is 2.36. The quantitative estimate of drug-likeness (QED) is 0.698.